The fraction of sp³-hybridized carbons (Fsp3) is 0.389. The van der Waals surface area contributed by atoms with Gasteiger partial charge in [-0.3, -0.25) is 9.59 Å². The van der Waals surface area contributed by atoms with Gasteiger partial charge in [-0.2, -0.15) is 31.4 Å². The number of carbonyl (C=O) groups is 2. The molecule has 1 aromatic carbocycles. The molecule has 35 heavy (non-hydrogen) atoms. The number of hydrogen-bond donors (Lipinski definition) is 3. The highest BCUT2D eigenvalue weighted by Gasteiger charge is 2.43. The zero-order valence-corrected chi connectivity index (χ0v) is 19.6. The number of aliphatic carboxylic acids is 1. The molecule has 0 radical (unpaired) electrons. The Kier molecular flexibility index (Phi) is 9.05. The molecule has 194 valence electrons. The third-order valence-electron chi connectivity index (χ3n) is 4.40. The number of benzene rings is 1. The number of unbranched alkanes of at least 4 members (excludes halogenated alkanes) is 2. The van der Waals surface area contributed by atoms with Crippen molar-refractivity contribution in [1.82, 2.24) is 15.1 Å². The number of nitrogens with two attached hydrogens (primary N) is 1. The van der Waals surface area contributed by atoms with Gasteiger partial charge in [0.1, 0.15) is 16.4 Å². The van der Waals surface area contributed by atoms with Crippen molar-refractivity contribution in [2.45, 2.75) is 42.3 Å². The molecule has 0 fully saturated rings. The van der Waals surface area contributed by atoms with E-state index in [1.54, 1.807) is 0 Å². The number of aromatic nitrogens is 2. The van der Waals surface area contributed by atoms with Crippen LogP contribution in [-0.4, -0.2) is 43.0 Å². The summed E-state index contributed by atoms with van der Waals surface area (Å²) in [5.41, 5.74) is -2.50. The van der Waals surface area contributed by atoms with Crippen LogP contribution >= 0.6 is 23.2 Å². The molecule has 1 atom stereocenters. The molecule has 1 amide bonds. The Morgan fingerprint density at radius 2 is 1.66 bits per heavy atom. The Labute approximate surface area is 205 Å². The average Bonchev–Trinajstić information content (AvgIpc) is 3.04. The van der Waals surface area contributed by atoms with E-state index in [1.165, 1.54) is 0 Å². The van der Waals surface area contributed by atoms with Crippen LogP contribution in [0.5, 0.6) is 0 Å². The highest BCUT2D eigenvalue weighted by atomic mass is 35.5. The van der Waals surface area contributed by atoms with E-state index in [9.17, 15) is 40.1 Å². The van der Waals surface area contributed by atoms with Gasteiger partial charge in [-0.25, -0.2) is 8.89 Å². The molecule has 0 aliphatic rings. The zero-order chi connectivity index (χ0) is 26.7. The number of carboxylic acid groups (broad SMARTS) is 1. The number of hydrogen-bond acceptors (Lipinski definition) is 5. The van der Waals surface area contributed by atoms with Crippen molar-refractivity contribution in [2.24, 2.45) is 0 Å². The smallest absolute Gasteiger partial charge is 0.476 e. The molecule has 0 aliphatic carbocycles. The lowest BCUT2D eigenvalue weighted by Gasteiger charge is -2.13. The minimum Gasteiger partial charge on any atom is -0.481 e. The Morgan fingerprint density at radius 3 is 2.14 bits per heavy atom. The van der Waals surface area contributed by atoms with Gasteiger partial charge in [-0.1, -0.05) is 29.6 Å². The number of carboxylic acids is 1. The number of halogens is 8. The second-order valence-electron chi connectivity index (χ2n) is 6.94. The molecule has 0 spiro atoms. The fourth-order valence-electron chi connectivity index (χ4n) is 2.83. The first-order valence-electron chi connectivity index (χ1n) is 9.49. The first-order chi connectivity index (χ1) is 16.1. The van der Waals surface area contributed by atoms with Gasteiger partial charge in [0.2, 0.25) is 0 Å². The lowest BCUT2D eigenvalue weighted by Crippen LogP contribution is -2.27. The molecule has 2 aromatic rings. The first kappa shape index (κ1) is 28.7. The summed E-state index contributed by atoms with van der Waals surface area (Å²) in [5.74, 6) is -3.20. The summed E-state index contributed by atoms with van der Waals surface area (Å²) < 4.78 is 91.2. The van der Waals surface area contributed by atoms with Crippen LogP contribution in [0.1, 0.15) is 41.7 Å². The average molecular weight is 569 g/mol. The van der Waals surface area contributed by atoms with Crippen LogP contribution in [-0.2, 0) is 21.8 Å². The summed E-state index contributed by atoms with van der Waals surface area (Å²) in [5, 5.41) is 13.1. The monoisotopic (exact) mass is 568 g/mol. The van der Waals surface area contributed by atoms with Gasteiger partial charge in [-0.15, -0.1) is 0 Å². The number of nitrogens with zero attached hydrogens (tertiary/aromatic N) is 2. The minimum absolute atomic E-state index is 0.0922. The normalized spacial score (nSPS) is 13.0. The van der Waals surface area contributed by atoms with Crippen molar-refractivity contribution in [3.63, 3.8) is 0 Å². The van der Waals surface area contributed by atoms with E-state index in [0.717, 1.165) is 0 Å². The van der Waals surface area contributed by atoms with Crippen LogP contribution in [0, 0.1) is 0 Å². The van der Waals surface area contributed by atoms with Crippen LogP contribution in [0.15, 0.2) is 17.0 Å². The molecule has 0 aliphatic heterocycles. The number of amides is 1. The highest BCUT2D eigenvalue weighted by Crippen LogP contribution is 2.40. The van der Waals surface area contributed by atoms with E-state index < -0.39 is 72.1 Å². The predicted octanol–water partition coefficient (Wildman–Crippen LogP) is 4.78. The summed E-state index contributed by atoms with van der Waals surface area (Å²) in [7, 11) is -3.85. The molecular formula is C18H16Cl2F6N4O4S. The van der Waals surface area contributed by atoms with Crippen molar-refractivity contribution in [3.8, 4) is 5.69 Å². The quantitative estimate of drug-likeness (QED) is 0.295. The number of carbonyl (C=O) groups excluding carboxylic acids is 1. The number of nitrogens with one attached hydrogen (secondary N) is 1. The molecule has 0 bridgehead atoms. The van der Waals surface area contributed by atoms with Gasteiger partial charge in [-0.05, 0) is 25.0 Å². The minimum atomic E-state index is -5.36. The molecule has 4 N–H and O–H groups in total. The van der Waals surface area contributed by atoms with Gasteiger partial charge in [0.05, 0.1) is 15.6 Å². The third kappa shape index (κ3) is 7.01. The number of anilines is 1. The molecule has 1 unspecified atom stereocenters. The van der Waals surface area contributed by atoms with E-state index in [-0.39, 0.29) is 19.4 Å². The zero-order valence-electron chi connectivity index (χ0n) is 17.3. The van der Waals surface area contributed by atoms with E-state index in [4.69, 9.17) is 34.0 Å². The Balaban J connectivity index is 2.47. The Morgan fingerprint density at radius 1 is 1.09 bits per heavy atom. The van der Waals surface area contributed by atoms with E-state index >= 15 is 0 Å². The largest absolute Gasteiger partial charge is 0.481 e. The van der Waals surface area contributed by atoms with Crippen LogP contribution in [0.4, 0.5) is 32.2 Å². The van der Waals surface area contributed by atoms with Crippen molar-refractivity contribution in [1.29, 1.82) is 0 Å². The van der Waals surface area contributed by atoms with Gasteiger partial charge in [0.15, 0.2) is 16.5 Å². The third-order valence-corrected chi connectivity index (χ3v) is 6.17. The van der Waals surface area contributed by atoms with Crippen molar-refractivity contribution in [2.75, 3.05) is 12.3 Å². The number of rotatable bonds is 9. The standard InChI is InChI=1S/C18H16Cl2F6N4O4S/c19-9-6-8(17(21,22)23)7-10(20)13(9)30-15(27)14(35(34)18(24,25)26)12(29-30)16(33)28-5-3-1-2-4-11(31)32/h6-7H,1-5,27H2,(H,28,33)(H,31,32). The van der Waals surface area contributed by atoms with Gasteiger partial charge < -0.3 is 16.2 Å². The molecule has 0 saturated heterocycles. The maximum absolute atomic E-state index is 13.2. The SMILES string of the molecule is Nc1c(S(=O)C(F)(F)F)c(C(=O)NCCCCCC(=O)O)nn1-c1c(Cl)cc(C(F)(F)F)cc1Cl. The summed E-state index contributed by atoms with van der Waals surface area (Å²) >= 11 is 11.7. The molecule has 0 saturated carbocycles. The van der Waals surface area contributed by atoms with Crippen molar-refractivity contribution in [3.05, 3.63) is 33.4 Å². The molecule has 8 nitrogen and oxygen atoms in total. The van der Waals surface area contributed by atoms with E-state index in [2.05, 4.69) is 10.4 Å². The summed E-state index contributed by atoms with van der Waals surface area (Å²) in [6.45, 7) is -0.0922. The maximum Gasteiger partial charge on any atom is 0.476 e. The predicted molar refractivity (Wildman–Crippen MR) is 114 cm³/mol. The van der Waals surface area contributed by atoms with Crippen LogP contribution in [0.25, 0.3) is 5.69 Å². The summed E-state index contributed by atoms with van der Waals surface area (Å²) in [6.07, 6.45) is -4.02. The van der Waals surface area contributed by atoms with Gasteiger partial charge >= 0.3 is 17.7 Å². The first-order valence-corrected chi connectivity index (χ1v) is 11.4. The van der Waals surface area contributed by atoms with Gasteiger partial charge in [0, 0.05) is 13.0 Å². The van der Waals surface area contributed by atoms with Gasteiger partial charge in [0.25, 0.3) is 5.91 Å². The molecule has 1 heterocycles. The number of nitrogen functional groups attached to an aromatic ring is 1. The molecule has 1 aromatic heterocycles. The van der Waals surface area contributed by atoms with E-state index in [1.807, 2.05) is 0 Å². The summed E-state index contributed by atoms with van der Waals surface area (Å²) in [6, 6.07) is 0.863. The molecular weight excluding hydrogens is 553 g/mol. The second-order valence-corrected chi connectivity index (χ2v) is 9.16. The highest BCUT2D eigenvalue weighted by molar-refractivity contribution is 7.86. The van der Waals surface area contributed by atoms with Crippen molar-refractivity contribution >= 4 is 51.7 Å². The summed E-state index contributed by atoms with van der Waals surface area (Å²) in [4.78, 5) is 21.8. The Bertz CT molecular complexity index is 1130. The molecule has 17 heteroatoms. The fourth-order valence-corrected chi connectivity index (χ4v) is 4.29. The van der Waals surface area contributed by atoms with Crippen LogP contribution in [0.2, 0.25) is 10.0 Å². The number of alkyl halides is 6. The van der Waals surface area contributed by atoms with Crippen LogP contribution < -0.4 is 11.1 Å². The second kappa shape index (κ2) is 11.0. The lowest BCUT2D eigenvalue weighted by atomic mass is 10.2. The molecule has 2 rings (SSSR count). The van der Waals surface area contributed by atoms with E-state index in [0.29, 0.717) is 29.7 Å². The maximum atomic E-state index is 13.2. The van der Waals surface area contributed by atoms with Crippen molar-refractivity contribution < 1.29 is 45.2 Å². The topological polar surface area (TPSA) is 127 Å². The van der Waals surface area contributed by atoms with Crippen LogP contribution in [0.3, 0.4) is 0 Å². The Hall–Kier alpha value is -2.52. The lowest BCUT2D eigenvalue weighted by molar-refractivity contribution is -0.138.